The number of rotatable bonds is 3. The van der Waals surface area contributed by atoms with Crippen molar-refractivity contribution in [2.45, 2.75) is 31.8 Å². The van der Waals surface area contributed by atoms with E-state index in [0.29, 0.717) is 5.25 Å². The van der Waals surface area contributed by atoms with Gasteiger partial charge in [0.2, 0.25) is 0 Å². The number of anilines is 1. The predicted molar refractivity (Wildman–Crippen MR) is 62.0 cm³/mol. The molecule has 1 aromatic rings. The number of thioether (sulfide) groups is 1. The van der Waals surface area contributed by atoms with Gasteiger partial charge in [0.05, 0.1) is 0 Å². The first kappa shape index (κ1) is 10.5. The monoisotopic (exact) mass is 195 g/mol. The Hall–Kier alpha value is -0.630. The first-order chi connectivity index (χ1) is 6.09. The van der Waals surface area contributed by atoms with Gasteiger partial charge in [0.25, 0.3) is 0 Å². The Labute approximate surface area is 84.7 Å². The average Bonchev–Trinajstić information content (AvgIpc) is 2.02. The normalized spacial score (nSPS) is 10.8. The Morgan fingerprint density at radius 3 is 2.62 bits per heavy atom. The van der Waals surface area contributed by atoms with Crippen molar-refractivity contribution in [2.24, 2.45) is 0 Å². The van der Waals surface area contributed by atoms with Gasteiger partial charge >= 0.3 is 0 Å². The van der Waals surface area contributed by atoms with E-state index in [-0.39, 0.29) is 0 Å². The average molecular weight is 195 g/mol. The first-order valence-corrected chi connectivity index (χ1v) is 5.61. The van der Waals surface area contributed by atoms with E-state index in [4.69, 9.17) is 5.73 Å². The van der Waals surface area contributed by atoms with E-state index in [1.54, 1.807) is 0 Å². The molecule has 1 rings (SSSR count). The highest BCUT2D eigenvalue weighted by molar-refractivity contribution is 7.99. The predicted octanol–water partition coefficient (Wildman–Crippen LogP) is 3.22. The van der Waals surface area contributed by atoms with Crippen LogP contribution >= 0.6 is 11.8 Å². The minimum absolute atomic E-state index is 0.667. The van der Waals surface area contributed by atoms with Gasteiger partial charge in [-0.25, -0.2) is 0 Å². The zero-order valence-corrected chi connectivity index (χ0v) is 9.32. The molecule has 0 unspecified atom stereocenters. The SMILES string of the molecule is Cc1ccc(CSC(C)C)c(N)c1. The van der Waals surface area contributed by atoms with Crippen LogP contribution in [-0.2, 0) is 5.75 Å². The molecule has 0 aliphatic rings. The Balaban J connectivity index is 2.67. The molecular weight excluding hydrogens is 178 g/mol. The molecule has 2 heteroatoms. The molecule has 13 heavy (non-hydrogen) atoms. The van der Waals surface area contributed by atoms with Crippen LogP contribution in [0.5, 0.6) is 0 Å². The van der Waals surface area contributed by atoms with Crippen molar-refractivity contribution in [1.82, 2.24) is 0 Å². The van der Waals surface area contributed by atoms with Crippen molar-refractivity contribution in [2.75, 3.05) is 5.73 Å². The highest BCUT2D eigenvalue weighted by Gasteiger charge is 2.00. The molecule has 0 bridgehead atoms. The van der Waals surface area contributed by atoms with Gasteiger partial charge in [-0.2, -0.15) is 11.8 Å². The molecule has 72 valence electrons. The maximum absolute atomic E-state index is 5.89. The Morgan fingerprint density at radius 1 is 1.38 bits per heavy atom. The molecule has 0 saturated carbocycles. The Kier molecular flexibility index (Phi) is 3.67. The zero-order chi connectivity index (χ0) is 9.84. The van der Waals surface area contributed by atoms with E-state index < -0.39 is 0 Å². The van der Waals surface area contributed by atoms with Crippen molar-refractivity contribution in [3.8, 4) is 0 Å². The topological polar surface area (TPSA) is 26.0 Å². The van der Waals surface area contributed by atoms with Crippen LogP contribution in [0.3, 0.4) is 0 Å². The minimum atomic E-state index is 0.667. The zero-order valence-electron chi connectivity index (χ0n) is 8.50. The fourth-order valence-corrected chi connectivity index (χ4v) is 1.88. The minimum Gasteiger partial charge on any atom is -0.398 e. The molecule has 0 aromatic heterocycles. The molecular formula is C11H17NS. The van der Waals surface area contributed by atoms with Crippen LogP contribution in [0.15, 0.2) is 18.2 Å². The fourth-order valence-electron chi connectivity index (χ4n) is 1.10. The largest absolute Gasteiger partial charge is 0.398 e. The van der Waals surface area contributed by atoms with Crippen LogP contribution in [0.2, 0.25) is 0 Å². The molecule has 0 aliphatic heterocycles. The van der Waals surface area contributed by atoms with Crippen LogP contribution in [0.25, 0.3) is 0 Å². The first-order valence-electron chi connectivity index (χ1n) is 4.56. The van der Waals surface area contributed by atoms with Gasteiger partial charge in [-0.05, 0) is 29.4 Å². The summed E-state index contributed by atoms with van der Waals surface area (Å²) in [4.78, 5) is 0. The number of aryl methyl sites for hydroxylation is 1. The van der Waals surface area contributed by atoms with Crippen molar-refractivity contribution in [1.29, 1.82) is 0 Å². The van der Waals surface area contributed by atoms with Crippen LogP contribution in [0.4, 0.5) is 5.69 Å². The van der Waals surface area contributed by atoms with Crippen LogP contribution in [0, 0.1) is 6.92 Å². The van der Waals surface area contributed by atoms with Crippen molar-refractivity contribution < 1.29 is 0 Å². The third kappa shape index (κ3) is 3.31. The van der Waals surface area contributed by atoms with Gasteiger partial charge in [-0.3, -0.25) is 0 Å². The highest BCUT2D eigenvalue weighted by atomic mass is 32.2. The number of hydrogen-bond acceptors (Lipinski definition) is 2. The smallest absolute Gasteiger partial charge is 0.0357 e. The number of benzene rings is 1. The lowest BCUT2D eigenvalue weighted by molar-refractivity contribution is 1.11. The Bertz CT molecular complexity index is 281. The summed E-state index contributed by atoms with van der Waals surface area (Å²) in [7, 11) is 0. The molecule has 0 amide bonds. The molecule has 2 N–H and O–H groups in total. The van der Waals surface area contributed by atoms with Crippen LogP contribution in [-0.4, -0.2) is 5.25 Å². The third-order valence-corrected chi connectivity index (χ3v) is 3.02. The van der Waals surface area contributed by atoms with Gasteiger partial charge in [0.15, 0.2) is 0 Å². The van der Waals surface area contributed by atoms with E-state index in [1.807, 2.05) is 17.8 Å². The van der Waals surface area contributed by atoms with Crippen LogP contribution in [0.1, 0.15) is 25.0 Å². The molecule has 1 nitrogen and oxygen atoms in total. The molecule has 0 fully saturated rings. The number of nitrogens with two attached hydrogens (primary N) is 1. The highest BCUT2D eigenvalue weighted by Crippen LogP contribution is 2.22. The Morgan fingerprint density at radius 2 is 2.08 bits per heavy atom. The van der Waals surface area contributed by atoms with Gasteiger partial charge < -0.3 is 5.73 Å². The van der Waals surface area contributed by atoms with Gasteiger partial charge in [0.1, 0.15) is 0 Å². The summed E-state index contributed by atoms with van der Waals surface area (Å²) in [5.74, 6) is 1.02. The molecule has 0 heterocycles. The molecule has 0 radical (unpaired) electrons. The van der Waals surface area contributed by atoms with Crippen molar-refractivity contribution in [3.05, 3.63) is 29.3 Å². The van der Waals surface area contributed by atoms with E-state index in [0.717, 1.165) is 11.4 Å². The molecule has 0 spiro atoms. The van der Waals surface area contributed by atoms with Gasteiger partial charge in [-0.15, -0.1) is 0 Å². The molecule has 1 aromatic carbocycles. The van der Waals surface area contributed by atoms with E-state index >= 15 is 0 Å². The summed E-state index contributed by atoms with van der Waals surface area (Å²) < 4.78 is 0. The maximum atomic E-state index is 5.89. The lowest BCUT2D eigenvalue weighted by Crippen LogP contribution is -1.95. The second-order valence-corrected chi connectivity index (χ2v) is 5.13. The molecule has 0 saturated heterocycles. The van der Waals surface area contributed by atoms with Crippen LogP contribution < -0.4 is 5.73 Å². The molecule has 0 atom stereocenters. The standard InChI is InChI=1S/C11H17NS/c1-8(2)13-7-10-5-4-9(3)6-11(10)12/h4-6,8H,7,12H2,1-3H3. The van der Waals surface area contributed by atoms with Crippen molar-refractivity contribution >= 4 is 17.4 Å². The summed E-state index contributed by atoms with van der Waals surface area (Å²) in [6.07, 6.45) is 0. The second-order valence-electron chi connectivity index (χ2n) is 3.56. The van der Waals surface area contributed by atoms with Crippen molar-refractivity contribution in [3.63, 3.8) is 0 Å². The lowest BCUT2D eigenvalue weighted by atomic mass is 10.1. The molecule has 0 aliphatic carbocycles. The number of nitrogen functional groups attached to an aromatic ring is 1. The maximum Gasteiger partial charge on any atom is 0.0357 e. The second kappa shape index (κ2) is 4.56. The van der Waals surface area contributed by atoms with E-state index in [2.05, 4.69) is 32.9 Å². The number of hydrogen-bond donors (Lipinski definition) is 1. The van der Waals surface area contributed by atoms with E-state index in [9.17, 15) is 0 Å². The quantitative estimate of drug-likeness (QED) is 0.749. The summed E-state index contributed by atoms with van der Waals surface area (Å²) in [6, 6.07) is 6.28. The lowest BCUT2D eigenvalue weighted by Gasteiger charge is -2.08. The van der Waals surface area contributed by atoms with E-state index in [1.165, 1.54) is 11.1 Å². The van der Waals surface area contributed by atoms with Gasteiger partial charge in [-0.1, -0.05) is 26.0 Å². The summed E-state index contributed by atoms with van der Waals surface area (Å²) in [5.41, 5.74) is 9.30. The summed E-state index contributed by atoms with van der Waals surface area (Å²) in [6.45, 7) is 6.47. The van der Waals surface area contributed by atoms with Gasteiger partial charge in [0, 0.05) is 11.4 Å². The third-order valence-electron chi connectivity index (χ3n) is 1.87. The fraction of sp³-hybridized carbons (Fsp3) is 0.455. The summed E-state index contributed by atoms with van der Waals surface area (Å²) >= 11 is 1.92. The summed E-state index contributed by atoms with van der Waals surface area (Å²) in [5, 5.41) is 0.667.